The molecule has 6 aliphatic carbocycles. The maximum absolute atomic E-state index is 8.05. The van der Waals surface area contributed by atoms with Crippen LogP contribution in [0.2, 0.25) is 0 Å². The standard InChI is InChI=1S/C58H67NO2/c1-2-14-38(15-3-1)39-28-30-40(31-29-39)41-32-34-43(35-33-41)59(52-25-12-17-42-16-4-5-18-44(42)52)53-26-13-27-54-57(53)61-58-55(60-54)37-36-51-49-23-9-8-21-47(49)45-19-6-7-20-46(45)48-22-10-11-24-50(48)56(51)58/h1-5,12,14-18,25,28-35,45-51,53-58H,6-11,13,19-24,26-27,36-37H2. The second-order valence-electron chi connectivity index (χ2n) is 20.8. The van der Waals surface area contributed by atoms with Gasteiger partial charge in [0.15, 0.2) is 0 Å². The molecule has 13 atom stereocenters. The van der Waals surface area contributed by atoms with Crippen molar-refractivity contribution in [3.8, 4) is 22.3 Å². The van der Waals surface area contributed by atoms with E-state index in [9.17, 15) is 0 Å². The molecule has 5 aromatic rings. The van der Waals surface area contributed by atoms with Crippen molar-refractivity contribution < 1.29 is 9.47 Å². The van der Waals surface area contributed by atoms with E-state index in [2.05, 4.69) is 126 Å². The number of hydrogen-bond acceptors (Lipinski definition) is 3. The van der Waals surface area contributed by atoms with Gasteiger partial charge in [-0.05, 0) is 164 Å². The van der Waals surface area contributed by atoms with Crippen LogP contribution < -0.4 is 4.90 Å². The molecule has 3 nitrogen and oxygen atoms in total. The van der Waals surface area contributed by atoms with Gasteiger partial charge in [0.25, 0.3) is 0 Å². The van der Waals surface area contributed by atoms with Crippen LogP contribution >= 0.6 is 0 Å². The largest absolute Gasteiger partial charge is 0.369 e. The van der Waals surface area contributed by atoms with Gasteiger partial charge >= 0.3 is 0 Å². The smallest absolute Gasteiger partial charge is 0.105 e. The molecule has 7 aliphatic rings. The Labute approximate surface area is 365 Å². The first-order chi connectivity index (χ1) is 30.3. The van der Waals surface area contributed by atoms with Gasteiger partial charge in [-0.25, -0.2) is 0 Å². The molecule has 3 heteroatoms. The molecule has 0 amide bonds. The molecule has 12 rings (SSSR count). The third-order valence-corrected chi connectivity index (χ3v) is 18.0. The Morgan fingerprint density at radius 3 is 1.52 bits per heavy atom. The number of ether oxygens (including phenoxy) is 2. The fraction of sp³-hybridized carbons (Fsp3) is 0.517. The molecule has 13 unspecified atom stereocenters. The molecule has 1 saturated heterocycles. The number of hydrogen-bond donors (Lipinski definition) is 0. The van der Waals surface area contributed by atoms with Crippen molar-refractivity contribution in [2.24, 2.45) is 47.3 Å². The van der Waals surface area contributed by atoms with Gasteiger partial charge in [-0.3, -0.25) is 0 Å². The monoisotopic (exact) mass is 810 g/mol. The van der Waals surface area contributed by atoms with Crippen molar-refractivity contribution in [1.82, 2.24) is 0 Å². The van der Waals surface area contributed by atoms with E-state index in [0.717, 1.165) is 54.3 Å². The van der Waals surface area contributed by atoms with Crippen LogP contribution in [0.3, 0.4) is 0 Å². The summed E-state index contributed by atoms with van der Waals surface area (Å²) in [7, 11) is 0. The SMILES string of the molecule is c1ccc(-c2ccc(-c3ccc(N(c4cccc5ccccc45)C4CCCC5OC6CCC7C8CCCCC8C8CCCCC8C8CCCCC8C7C6OC54)cc3)cc2)cc1. The van der Waals surface area contributed by atoms with Crippen molar-refractivity contribution in [2.75, 3.05) is 4.90 Å². The molecule has 0 spiro atoms. The van der Waals surface area contributed by atoms with Crippen LogP contribution in [0.4, 0.5) is 11.4 Å². The number of anilines is 2. The van der Waals surface area contributed by atoms with Gasteiger partial charge in [-0.2, -0.15) is 0 Å². The fourth-order valence-corrected chi connectivity index (χ4v) is 15.6. The minimum Gasteiger partial charge on any atom is -0.369 e. The summed E-state index contributed by atoms with van der Waals surface area (Å²) in [4.78, 5) is 2.71. The molecule has 0 N–H and O–H groups in total. The van der Waals surface area contributed by atoms with E-state index in [1.165, 1.54) is 141 Å². The van der Waals surface area contributed by atoms with Crippen LogP contribution in [0, 0.1) is 47.3 Å². The second kappa shape index (κ2) is 16.7. The van der Waals surface area contributed by atoms with Crippen LogP contribution in [0.15, 0.2) is 121 Å². The molecular weight excluding hydrogens is 743 g/mol. The van der Waals surface area contributed by atoms with Crippen LogP contribution in [0.5, 0.6) is 0 Å². The van der Waals surface area contributed by atoms with Gasteiger partial charge in [0, 0.05) is 16.8 Å². The molecule has 1 aliphatic heterocycles. The van der Waals surface area contributed by atoms with Gasteiger partial charge < -0.3 is 14.4 Å². The molecule has 5 aromatic carbocycles. The highest BCUT2D eigenvalue weighted by molar-refractivity contribution is 5.96. The van der Waals surface area contributed by atoms with E-state index in [0.29, 0.717) is 5.92 Å². The maximum atomic E-state index is 8.05. The first-order valence-corrected chi connectivity index (χ1v) is 25.1. The molecule has 0 bridgehead atoms. The third kappa shape index (κ3) is 7.00. The average Bonchev–Trinajstić information content (AvgIpc) is 3.33. The minimum absolute atomic E-state index is 0.0509. The predicted octanol–water partition coefficient (Wildman–Crippen LogP) is 14.8. The fourth-order valence-electron chi connectivity index (χ4n) is 15.6. The predicted molar refractivity (Wildman–Crippen MR) is 251 cm³/mol. The van der Waals surface area contributed by atoms with Gasteiger partial charge in [0.1, 0.15) is 6.10 Å². The van der Waals surface area contributed by atoms with Crippen LogP contribution in [0.1, 0.15) is 109 Å². The zero-order chi connectivity index (χ0) is 40.3. The molecule has 7 fully saturated rings. The highest BCUT2D eigenvalue weighted by Crippen LogP contribution is 2.61. The summed E-state index contributed by atoms with van der Waals surface area (Å²) < 4.78 is 15.6. The summed E-state index contributed by atoms with van der Waals surface area (Å²) in [5.74, 6) is 6.98. The van der Waals surface area contributed by atoms with Crippen LogP contribution in [-0.4, -0.2) is 30.5 Å². The van der Waals surface area contributed by atoms with Crippen molar-refractivity contribution in [1.29, 1.82) is 0 Å². The van der Waals surface area contributed by atoms with Crippen molar-refractivity contribution >= 4 is 22.1 Å². The number of rotatable bonds is 5. The maximum Gasteiger partial charge on any atom is 0.105 e. The summed E-state index contributed by atoms with van der Waals surface area (Å²) in [6.07, 6.45) is 24.3. The van der Waals surface area contributed by atoms with E-state index in [1.54, 1.807) is 0 Å². The van der Waals surface area contributed by atoms with Gasteiger partial charge in [-0.1, -0.05) is 142 Å². The lowest BCUT2D eigenvalue weighted by molar-refractivity contribution is -0.279. The van der Waals surface area contributed by atoms with Crippen molar-refractivity contribution in [3.63, 3.8) is 0 Å². The van der Waals surface area contributed by atoms with E-state index < -0.39 is 0 Å². The lowest BCUT2D eigenvalue weighted by Crippen LogP contribution is -2.64. The highest BCUT2D eigenvalue weighted by atomic mass is 16.6. The number of nitrogens with zero attached hydrogens (tertiary/aromatic N) is 1. The van der Waals surface area contributed by atoms with Gasteiger partial charge in [0.05, 0.1) is 24.4 Å². The Kier molecular flexibility index (Phi) is 10.6. The Balaban J connectivity index is 0.910. The Morgan fingerprint density at radius 2 is 0.869 bits per heavy atom. The van der Waals surface area contributed by atoms with Crippen molar-refractivity contribution in [2.45, 2.75) is 140 Å². The number of benzene rings is 5. The van der Waals surface area contributed by atoms with E-state index in [4.69, 9.17) is 9.47 Å². The van der Waals surface area contributed by atoms with E-state index >= 15 is 0 Å². The molecule has 1 heterocycles. The molecule has 0 radical (unpaired) electrons. The van der Waals surface area contributed by atoms with E-state index in [1.807, 2.05) is 0 Å². The Bertz CT molecular complexity index is 2240. The molecular formula is C58H67NO2. The molecule has 316 valence electrons. The van der Waals surface area contributed by atoms with Crippen LogP contribution in [-0.2, 0) is 9.47 Å². The minimum atomic E-state index is 0.0509. The molecule has 6 saturated carbocycles. The lowest BCUT2D eigenvalue weighted by atomic mass is 9.47. The average molecular weight is 810 g/mol. The summed E-state index contributed by atoms with van der Waals surface area (Å²) in [5.41, 5.74) is 7.57. The molecule has 0 aromatic heterocycles. The Morgan fingerprint density at radius 1 is 0.361 bits per heavy atom. The third-order valence-electron chi connectivity index (χ3n) is 18.0. The second-order valence-corrected chi connectivity index (χ2v) is 20.8. The Hall–Kier alpha value is -3.92. The first kappa shape index (κ1) is 38.7. The summed E-state index contributed by atoms with van der Waals surface area (Å²) in [6, 6.07) is 45.4. The molecule has 61 heavy (non-hydrogen) atoms. The summed E-state index contributed by atoms with van der Waals surface area (Å²) in [6.45, 7) is 0. The summed E-state index contributed by atoms with van der Waals surface area (Å²) >= 11 is 0. The van der Waals surface area contributed by atoms with Crippen molar-refractivity contribution in [3.05, 3.63) is 121 Å². The van der Waals surface area contributed by atoms with Crippen LogP contribution in [0.25, 0.3) is 33.0 Å². The zero-order valence-electron chi connectivity index (χ0n) is 36.3. The first-order valence-electron chi connectivity index (χ1n) is 25.1. The topological polar surface area (TPSA) is 21.7 Å². The number of fused-ring (bicyclic) bond motifs is 12. The normalized spacial score (nSPS) is 35.8. The van der Waals surface area contributed by atoms with Gasteiger partial charge in [-0.15, -0.1) is 0 Å². The van der Waals surface area contributed by atoms with E-state index in [-0.39, 0.29) is 30.5 Å². The highest BCUT2D eigenvalue weighted by Gasteiger charge is 2.59. The summed E-state index contributed by atoms with van der Waals surface area (Å²) in [5, 5.41) is 2.61. The zero-order valence-corrected chi connectivity index (χ0v) is 36.3. The van der Waals surface area contributed by atoms with Gasteiger partial charge in [0.2, 0.25) is 0 Å². The lowest BCUT2D eigenvalue weighted by Gasteiger charge is -2.61. The quantitative estimate of drug-likeness (QED) is 0.165.